The Bertz CT molecular complexity index is 480. The van der Waals surface area contributed by atoms with Gasteiger partial charge in [0, 0.05) is 12.1 Å². The van der Waals surface area contributed by atoms with E-state index in [1.807, 2.05) is 6.07 Å². The maximum absolute atomic E-state index is 11.0. The van der Waals surface area contributed by atoms with Gasteiger partial charge in [-0.1, -0.05) is 6.92 Å². The van der Waals surface area contributed by atoms with Crippen molar-refractivity contribution in [2.45, 2.75) is 38.6 Å². The Balaban J connectivity index is 0.00000200. The molecule has 1 aliphatic rings. The van der Waals surface area contributed by atoms with Gasteiger partial charge < -0.3 is 10.1 Å². The van der Waals surface area contributed by atoms with E-state index >= 15 is 0 Å². The lowest BCUT2D eigenvalue weighted by Crippen LogP contribution is -2.35. The van der Waals surface area contributed by atoms with Gasteiger partial charge in [0.15, 0.2) is 5.75 Å². The van der Waals surface area contributed by atoms with Crippen LogP contribution in [0, 0.1) is 10.1 Å². The van der Waals surface area contributed by atoms with Crippen LogP contribution < -0.4 is 10.1 Å². The third-order valence-corrected chi connectivity index (χ3v) is 3.61. The van der Waals surface area contributed by atoms with E-state index in [0.29, 0.717) is 11.8 Å². The molecule has 0 radical (unpaired) electrons. The van der Waals surface area contributed by atoms with Gasteiger partial charge in [-0.15, -0.1) is 12.4 Å². The van der Waals surface area contributed by atoms with Crippen molar-refractivity contribution >= 4 is 18.1 Å². The van der Waals surface area contributed by atoms with Crippen LogP contribution in [-0.4, -0.2) is 24.6 Å². The molecule has 1 atom stereocenters. The first-order chi connectivity index (χ1) is 9.15. The highest BCUT2D eigenvalue weighted by atomic mass is 35.5. The lowest BCUT2D eigenvalue weighted by atomic mass is 9.87. The SMILES string of the molecule is CCCNC1CCc2cc(OC)c([N+](=O)[O-])cc2C1.Cl. The molecule has 1 unspecified atom stereocenters. The van der Waals surface area contributed by atoms with Crippen LogP contribution in [-0.2, 0) is 12.8 Å². The molecule has 0 spiro atoms. The van der Waals surface area contributed by atoms with E-state index in [1.165, 1.54) is 12.7 Å². The molecule has 0 saturated carbocycles. The average molecular weight is 301 g/mol. The van der Waals surface area contributed by atoms with Gasteiger partial charge in [-0.3, -0.25) is 10.1 Å². The summed E-state index contributed by atoms with van der Waals surface area (Å²) in [6.07, 6.45) is 3.99. The predicted molar refractivity (Wildman–Crippen MR) is 81.0 cm³/mol. The number of halogens is 1. The second-order valence-corrected chi connectivity index (χ2v) is 4.94. The van der Waals surface area contributed by atoms with Crippen molar-refractivity contribution in [3.63, 3.8) is 0 Å². The Morgan fingerprint density at radius 1 is 1.45 bits per heavy atom. The van der Waals surface area contributed by atoms with Gasteiger partial charge >= 0.3 is 5.69 Å². The van der Waals surface area contributed by atoms with Crippen LogP contribution in [0.1, 0.15) is 30.9 Å². The highest BCUT2D eigenvalue weighted by molar-refractivity contribution is 5.85. The van der Waals surface area contributed by atoms with E-state index in [2.05, 4.69) is 12.2 Å². The number of hydrogen-bond acceptors (Lipinski definition) is 4. The fourth-order valence-electron chi connectivity index (χ4n) is 2.60. The van der Waals surface area contributed by atoms with Gasteiger partial charge in [0.1, 0.15) is 0 Å². The number of methoxy groups -OCH3 is 1. The quantitative estimate of drug-likeness (QED) is 0.671. The number of nitro groups is 1. The van der Waals surface area contributed by atoms with Crippen LogP contribution in [0.3, 0.4) is 0 Å². The standard InChI is InChI=1S/C14H20N2O3.ClH/c1-3-6-15-12-5-4-10-9-14(19-2)13(16(17)18)8-11(10)7-12;/h8-9,12,15H,3-7H2,1-2H3;1H. The monoisotopic (exact) mass is 300 g/mol. The topological polar surface area (TPSA) is 64.4 Å². The third kappa shape index (κ3) is 3.61. The summed E-state index contributed by atoms with van der Waals surface area (Å²) < 4.78 is 5.11. The molecule has 0 saturated heterocycles. The van der Waals surface area contributed by atoms with Crippen LogP contribution in [0.15, 0.2) is 12.1 Å². The number of ether oxygens (including phenoxy) is 1. The maximum atomic E-state index is 11.0. The van der Waals surface area contributed by atoms with Crippen LogP contribution in [0.4, 0.5) is 5.69 Å². The molecule has 0 amide bonds. The summed E-state index contributed by atoms with van der Waals surface area (Å²) in [7, 11) is 1.48. The van der Waals surface area contributed by atoms with E-state index in [-0.39, 0.29) is 23.0 Å². The van der Waals surface area contributed by atoms with Gasteiger partial charge in [0.05, 0.1) is 12.0 Å². The molecule has 20 heavy (non-hydrogen) atoms. The molecule has 1 aliphatic carbocycles. The Morgan fingerprint density at radius 2 is 2.20 bits per heavy atom. The van der Waals surface area contributed by atoms with Gasteiger partial charge in [-0.2, -0.15) is 0 Å². The Kier molecular flexibility index (Phi) is 6.23. The second kappa shape index (κ2) is 7.45. The molecular formula is C14H21ClN2O3. The molecule has 1 aromatic carbocycles. The molecule has 1 aromatic rings. The van der Waals surface area contributed by atoms with E-state index in [0.717, 1.165) is 37.8 Å². The second-order valence-electron chi connectivity index (χ2n) is 4.94. The van der Waals surface area contributed by atoms with E-state index in [9.17, 15) is 10.1 Å². The molecule has 0 aliphatic heterocycles. The Labute approximate surface area is 125 Å². The van der Waals surface area contributed by atoms with E-state index in [4.69, 9.17) is 4.74 Å². The lowest BCUT2D eigenvalue weighted by molar-refractivity contribution is -0.385. The van der Waals surface area contributed by atoms with Crippen LogP contribution >= 0.6 is 12.4 Å². The summed E-state index contributed by atoms with van der Waals surface area (Å²) in [5.41, 5.74) is 2.32. The molecule has 0 heterocycles. The minimum absolute atomic E-state index is 0. The van der Waals surface area contributed by atoms with Gasteiger partial charge in [-0.25, -0.2) is 0 Å². The van der Waals surface area contributed by atoms with Crippen LogP contribution in [0.2, 0.25) is 0 Å². The van der Waals surface area contributed by atoms with Crippen molar-refractivity contribution in [3.05, 3.63) is 33.4 Å². The zero-order valence-electron chi connectivity index (χ0n) is 11.8. The number of benzene rings is 1. The average Bonchev–Trinajstić information content (AvgIpc) is 2.43. The summed E-state index contributed by atoms with van der Waals surface area (Å²) in [4.78, 5) is 10.7. The molecule has 1 N–H and O–H groups in total. The predicted octanol–water partition coefficient (Wildman–Crippen LogP) is 2.88. The highest BCUT2D eigenvalue weighted by Gasteiger charge is 2.24. The molecule has 0 fully saturated rings. The number of fused-ring (bicyclic) bond motifs is 1. The van der Waals surface area contributed by atoms with Crippen molar-refractivity contribution in [1.29, 1.82) is 0 Å². The molecule has 2 rings (SSSR count). The molecular weight excluding hydrogens is 280 g/mol. The lowest BCUT2D eigenvalue weighted by Gasteiger charge is -2.25. The summed E-state index contributed by atoms with van der Waals surface area (Å²) in [5.74, 6) is 0.365. The van der Waals surface area contributed by atoms with Crippen LogP contribution in [0.25, 0.3) is 0 Å². The first-order valence-electron chi connectivity index (χ1n) is 6.73. The number of nitrogens with one attached hydrogen (secondary N) is 1. The van der Waals surface area contributed by atoms with Gasteiger partial charge in [-0.05, 0) is 49.4 Å². The van der Waals surface area contributed by atoms with E-state index < -0.39 is 0 Å². The van der Waals surface area contributed by atoms with Gasteiger partial charge in [0.2, 0.25) is 0 Å². The summed E-state index contributed by atoms with van der Waals surface area (Å²) >= 11 is 0. The van der Waals surface area contributed by atoms with Crippen LogP contribution in [0.5, 0.6) is 5.75 Å². The fourth-order valence-corrected chi connectivity index (χ4v) is 2.60. The normalized spacial score (nSPS) is 17.0. The zero-order chi connectivity index (χ0) is 13.8. The first-order valence-corrected chi connectivity index (χ1v) is 6.73. The third-order valence-electron chi connectivity index (χ3n) is 3.61. The molecule has 112 valence electrons. The first kappa shape index (κ1) is 16.7. The minimum Gasteiger partial charge on any atom is -0.490 e. The smallest absolute Gasteiger partial charge is 0.311 e. The fraction of sp³-hybridized carbons (Fsp3) is 0.571. The van der Waals surface area contributed by atoms with Crippen molar-refractivity contribution in [3.8, 4) is 5.75 Å². The van der Waals surface area contributed by atoms with Crippen molar-refractivity contribution in [2.24, 2.45) is 0 Å². The Hall–Kier alpha value is -1.33. The van der Waals surface area contributed by atoms with Crippen molar-refractivity contribution < 1.29 is 9.66 Å². The summed E-state index contributed by atoms with van der Waals surface area (Å²) in [6.45, 7) is 3.14. The summed E-state index contributed by atoms with van der Waals surface area (Å²) in [6, 6.07) is 3.93. The minimum atomic E-state index is -0.373. The number of nitro benzene ring substituents is 1. The summed E-state index contributed by atoms with van der Waals surface area (Å²) in [5, 5.41) is 14.5. The largest absolute Gasteiger partial charge is 0.490 e. The highest BCUT2D eigenvalue weighted by Crippen LogP contribution is 2.33. The van der Waals surface area contributed by atoms with E-state index in [1.54, 1.807) is 6.07 Å². The number of hydrogen-bond donors (Lipinski definition) is 1. The maximum Gasteiger partial charge on any atom is 0.311 e. The number of nitrogens with zero attached hydrogens (tertiary/aromatic N) is 1. The van der Waals surface area contributed by atoms with Gasteiger partial charge in [0.25, 0.3) is 0 Å². The molecule has 5 nitrogen and oxygen atoms in total. The molecule has 6 heteroatoms. The molecule has 0 aromatic heterocycles. The van der Waals surface area contributed by atoms with Crippen molar-refractivity contribution in [2.75, 3.05) is 13.7 Å². The molecule has 0 bridgehead atoms. The number of rotatable bonds is 5. The van der Waals surface area contributed by atoms with Crippen molar-refractivity contribution in [1.82, 2.24) is 5.32 Å². The Morgan fingerprint density at radius 3 is 2.80 bits per heavy atom. The number of aryl methyl sites for hydroxylation is 1. The zero-order valence-corrected chi connectivity index (χ0v) is 12.7.